The van der Waals surface area contributed by atoms with Gasteiger partial charge in [-0.05, 0) is 18.8 Å². The molecule has 0 radical (unpaired) electrons. The average Bonchev–Trinajstić information content (AvgIpc) is 2.87. The molecule has 0 aliphatic heterocycles. The number of carbonyl (C=O) groups excluding carboxylic acids is 1. The van der Waals surface area contributed by atoms with Gasteiger partial charge in [0.1, 0.15) is 0 Å². The molecule has 18 heavy (non-hydrogen) atoms. The Morgan fingerprint density at radius 2 is 2.33 bits per heavy atom. The summed E-state index contributed by atoms with van der Waals surface area (Å²) in [4.78, 5) is 15.6. The second-order valence-electron chi connectivity index (χ2n) is 4.73. The summed E-state index contributed by atoms with van der Waals surface area (Å²) in [7, 11) is 1.38. The number of hydrogen-bond acceptors (Lipinski definition) is 5. The standard InChI is InChI=1S/C13H20N2O2S/c1-3-9-6-4-5-7-10(9)14-13-15-11(8-18-13)12(16)17-2/h8-10H,3-7H2,1-2H3,(H,14,15). The molecule has 5 heteroatoms. The molecule has 100 valence electrons. The van der Waals surface area contributed by atoms with Crippen molar-refractivity contribution in [2.24, 2.45) is 5.92 Å². The van der Waals surface area contributed by atoms with E-state index in [1.807, 2.05) is 0 Å². The van der Waals surface area contributed by atoms with Crippen molar-refractivity contribution in [3.8, 4) is 0 Å². The Morgan fingerprint density at radius 3 is 3.06 bits per heavy atom. The molecule has 2 rings (SSSR count). The van der Waals surface area contributed by atoms with E-state index in [2.05, 4.69) is 22.0 Å². The zero-order valence-electron chi connectivity index (χ0n) is 10.9. The number of carbonyl (C=O) groups is 1. The molecule has 1 aliphatic rings. The van der Waals surface area contributed by atoms with Gasteiger partial charge in [-0.2, -0.15) is 0 Å². The fourth-order valence-electron chi connectivity index (χ4n) is 2.58. The molecule has 1 aromatic heterocycles. The van der Waals surface area contributed by atoms with Crippen LogP contribution in [0, 0.1) is 5.92 Å². The fraction of sp³-hybridized carbons (Fsp3) is 0.692. The summed E-state index contributed by atoms with van der Waals surface area (Å²) in [6.45, 7) is 2.24. The quantitative estimate of drug-likeness (QED) is 0.851. The van der Waals surface area contributed by atoms with Crippen molar-refractivity contribution in [3.63, 3.8) is 0 Å². The highest BCUT2D eigenvalue weighted by Crippen LogP contribution is 2.30. The minimum Gasteiger partial charge on any atom is -0.464 e. The van der Waals surface area contributed by atoms with Gasteiger partial charge in [-0.25, -0.2) is 9.78 Å². The maximum absolute atomic E-state index is 11.3. The first kappa shape index (κ1) is 13.3. The Morgan fingerprint density at radius 1 is 1.56 bits per heavy atom. The lowest BCUT2D eigenvalue weighted by Crippen LogP contribution is -2.31. The van der Waals surface area contributed by atoms with E-state index in [-0.39, 0.29) is 5.97 Å². The van der Waals surface area contributed by atoms with Crippen LogP contribution < -0.4 is 5.32 Å². The Balaban J connectivity index is 1.99. The van der Waals surface area contributed by atoms with Gasteiger partial charge in [0.15, 0.2) is 10.8 Å². The van der Waals surface area contributed by atoms with Crippen LogP contribution in [-0.4, -0.2) is 24.1 Å². The van der Waals surface area contributed by atoms with Crippen LogP contribution in [0.1, 0.15) is 49.5 Å². The third kappa shape index (κ3) is 3.02. The first-order valence-electron chi connectivity index (χ1n) is 6.55. The van der Waals surface area contributed by atoms with Gasteiger partial charge in [-0.3, -0.25) is 0 Å². The Bertz CT molecular complexity index is 405. The van der Waals surface area contributed by atoms with E-state index in [0.717, 1.165) is 11.0 Å². The van der Waals surface area contributed by atoms with Gasteiger partial charge >= 0.3 is 5.97 Å². The number of methoxy groups -OCH3 is 1. The molecular formula is C13H20N2O2S. The maximum Gasteiger partial charge on any atom is 0.357 e. The lowest BCUT2D eigenvalue weighted by Gasteiger charge is -2.31. The van der Waals surface area contributed by atoms with Crippen molar-refractivity contribution in [3.05, 3.63) is 11.1 Å². The van der Waals surface area contributed by atoms with Crippen molar-refractivity contribution in [2.75, 3.05) is 12.4 Å². The highest BCUT2D eigenvalue weighted by atomic mass is 32.1. The predicted octanol–water partition coefficient (Wildman–Crippen LogP) is 3.31. The van der Waals surface area contributed by atoms with Crippen molar-refractivity contribution < 1.29 is 9.53 Å². The Labute approximate surface area is 112 Å². The first-order valence-corrected chi connectivity index (χ1v) is 7.43. The van der Waals surface area contributed by atoms with Crippen LogP contribution in [0.4, 0.5) is 5.13 Å². The van der Waals surface area contributed by atoms with Crippen LogP contribution >= 0.6 is 11.3 Å². The molecule has 1 heterocycles. The molecule has 1 aliphatic carbocycles. The molecule has 1 fully saturated rings. The summed E-state index contributed by atoms with van der Waals surface area (Å²) in [5.74, 6) is 0.360. The third-order valence-electron chi connectivity index (χ3n) is 3.64. The Hall–Kier alpha value is -1.10. The van der Waals surface area contributed by atoms with Gasteiger partial charge in [0, 0.05) is 11.4 Å². The minimum atomic E-state index is -0.366. The zero-order valence-corrected chi connectivity index (χ0v) is 11.8. The molecular weight excluding hydrogens is 248 g/mol. The summed E-state index contributed by atoms with van der Waals surface area (Å²) in [6, 6.07) is 0.500. The minimum absolute atomic E-state index is 0.366. The van der Waals surface area contributed by atoms with Crippen LogP contribution in [0.15, 0.2) is 5.38 Å². The summed E-state index contributed by atoms with van der Waals surface area (Å²) in [5, 5.41) is 6.06. The summed E-state index contributed by atoms with van der Waals surface area (Å²) in [5.41, 5.74) is 0.397. The van der Waals surface area contributed by atoms with Crippen LogP contribution in [0.25, 0.3) is 0 Å². The topological polar surface area (TPSA) is 51.2 Å². The normalized spacial score (nSPS) is 23.7. The summed E-state index contributed by atoms with van der Waals surface area (Å²) in [6.07, 6.45) is 6.31. The van der Waals surface area contributed by atoms with E-state index in [9.17, 15) is 4.79 Å². The number of anilines is 1. The highest BCUT2D eigenvalue weighted by molar-refractivity contribution is 7.13. The smallest absolute Gasteiger partial charge is 0.357 e. The van der Waals surface area contributed by atoms with Crippen LogP contribution in [0.2, 0.25) is 0 Å². The van der Waals surface area contributed by atoms with E-state index < -0.39 is 0 Å². The molecule has 0 bridgehead atoms. The van der Waals surface area contributed by atoms with Gasteiger partial charge in [0.05, 0.1) is 7.11 Å². The number of thiazole rings is 1. The number of nitrogens with zero attached hydrogens (tertiary/aromatic N) is 1. The maximum atomic E-state index is 11.3. The number of esters is 1. The average molecular weight is 268 g/mol. The molecule has 0 amide bonds. The molecule has 1 aromatic rings. The van der Waals surface area contributed by atoms with E-state index in [4.69, 9.17) is 0 Å². The number of hydrogen-bond donors (Lipinski definition) is 1. The van der Waals surface area contributed by atoms with E-state index >= 15 is 0 Å². The largest absolute Gasteiger partial charge is 0.464 e. The molecule has 1 N–H and O–H groups in total. The third-order valence-corrected chi connectivity index (χ3v) is 4.41. The molecule has 0 aromatic carbocycles. The van der Waals surface area contributed by atoms with Crippen molar-refractivity contribution in [1.29, 1.82) is 0 Å². The first-order chi connectivity index (χ1) is 8.74. The number of aromatic nitrogens is 1. The Kier molecular flexibility index (Phi) is 4.58. The molecule has 1 saturated carbocycles. The van der Waals surface area contributed by atoms with E-state index in [0.29, 0.717) is 11.7 Å². The van der Waals surface area contributed by atoms with Crippen molar-refractivity contribution in [2.45, 2.75) is 45.1 Å². The van der Waals surface area contributed by atoms with Crippen LogP contribution in [0.5, 0.6) is 0 Å². The molecule has 4 nitrogen and oxygen atoms in total. The number of rotatable bonds is 4. The van der Waals surface area contributed by atoms with Crippen LogP contribution in [-0.2, 0) is 4.74 Å². The highest BCUT2D eigenvalue weighted by Gasteiger charge is 2.24. The fourth-order valence-corrected chi connectivity index (χ4v) is 3.33. The molecule has 0 spiro atoms. The van der Waals surface area contributed by atoms with Gasteiger partial charge in [0.25, 0.3) is 0 Å². The molecule has 2 unspecified atom stereocenters. The van der Waals surface area contributed by atoms with Gasteiger partial charge in [-0.15, -0.1) is 11.3 Å². The molecule has 2 atom stereocenters. The summed E-state index contributed by atoms with van der Waals surface area (Å²) >= 11 is 1.48. The van der Waals surface area contributed by atoms with Crippen molar-refractivity contribution in [1.82, 2.24) is 4.98 Å². The van der Waals surface area contributed by atoms with Crippen LogP contribution in [0.3, 0.4) is 0 Å². The summed E-state index contributed by atoms with van der Waals surface area (Å²) < 4.78 is 4.66. The van der Waals surface area contributed by atoms with Gasteiger partial charge in [-0.1, -0.05) is 26.2 Å². The lowest BCUT2D eigenvalue weighted by molar-refractivity contribution is 0.0595. The van der Waals surface area contributed by atoms with Gasteiger partial charge < -0.3 is 10.1 Å². The van der Waals surface area contributed by atoms with Crippen molar-refractivity contribution >= 4 is 22.4 Å². The van der Waals surface area contributed by atoms with Gasteiger partial charge in [0.2, 0.25) is 0 Å². The van der Waals surface area contributed by atoms with E-state index in [1.54, 1.807) is 5.38 Å². The second kappa shape index (κ2) is 6.18. The number of ether oxygens (including phenoxy) is 1. The monoisotopic (exact) mass is 268 g/mol. The predicted molar refractivity (Wildman–Crippen MR) is 73.1 cm³/mol. The second-order valence-corrected chi connectivity index (χ2v) is 5.59. The molecule has 0 saturated heterocycles. The SMILES string of the molecule is CCC1CCCCC1Nc1nc(C(=O)OC)cs1. The van der Waals surface area contributed by atoms with E-state index in [1.165, 1.54) is 50.6 Å². The number of nitrogens with one attached hydrogen (secondary N) is 1. The lowest BCUT2D eigenvalue weighted by atomic mass is 9.83. The zero-order chi connectivity index (χ0) is 13.0.